The van der Waals surface area contributed by atoms with E-state index in [2.05, 4.69) is 26.1 Å². The van der Waals surface area contributed by atoms with Crippen LogP contribution < -0.4 is 5.32 Å². The van der Waals surface area contributed by atoms with Crippen molar-refractivity contribution in [2.45, 2.75) is 65.0 Å². The zero-order chi connectivity index (χ0) is 10.1. The Morgan fingerprint density at radius 1 is 1.00 bits per heavy atom. The molecule has 1 N–H and O–H groups in total. The summed E-state index contributed by atoms with van der Waals surface area (Å²) in [4.78, 5) is 0. The second kappa shape index (κ2) is 4.22. The zero-order valence-electron chi connectivity index (χ0n) is 9.92. The van der Waals surface area contributed by atoms with Crippen LogP contribution in [0.25, 0.3) is 0 Å². The molecule has 0 aromatic rings. The van der Waals surface area contributed by atoms with Crippen LogP contribution in [-0.2, 0) is 0 Å². The number of hydrogen-bond acceptors (Lipinski definition) is 1. The Hall–Kier alpha value is -0.0400. The number of hydrogen-bond donors (Lipinski definition) is 1. The Labute approximate surface area is 88.7 Å². The van der Waals surface area contributed by atoms with Crippen LogP contribution >= 0.6 is 0 Å². The molecule has 0 aromatic heterocycles. The Morgan fingerprint density at radius 2 is 1.71 bits per heavy atom. The summed E-state index contributed by atoms with van der Waals surface area (Å²) in [5.74, 6) is 2.83. The average molecular weight is 195 g/mol. The van der Waals surface area contributed by atoms with Gasteiger partial charge in [-0.15, -0.1) is 0 Å². The van der Waals surface area contributed by atoms with Crippen LogP contribution in [-0.4, -0.2) is 12.1 Å². The molecule has 0 radical (unpaired) electrons. The fourth-order valence-electron chi connectivity index (χ4n) is 3.25. The molecule has 5 atom stereocenters. The predicted octanol–water partition coefficient (Wildman–Crippen LogP) is 3.20. The van der Waals surface area contributed by atoms with Gasteiger partial charge >= 0.3 is 0 Å². The maximum Gasteiger partial charge on any atom is 0.00981 e. The first kappa shape index (κ1) is 10.5. The summed E-state index contributed by atoms with van der Waals surface area (Å²) in [5, 5.41) is 3.88. The van der Waals surface area contributed by atoms with Gasteiger partial charge in [0.05, 0.1) is 0 Å². The lowest BCUT2D eigenvalue weighted by atomic mass is 9.80. The van der Waals surface area contributed by atoms with Crippen molar-refractivity contribution < 1.29 is 0 Å². The number of nitrogens with one attached hydrogen (secondary N) is 1. The van der Waals surface area contributed by atoms with Crippen LogP contribution in [0.4, 0.5) is 0 Å². The lowest BCUT2D eigenvalue weighted by Gasteiger charge is -2.38. The third-order valence-electron chi connectivity index (χ3n) is 4.80. The van der Waals surface area contributed by atoms with E-state index in [-0.39, 0.29) is 0 Å². The molecule has 82 valence electrons. The molecule has 2 rings (SSSR count). The van der Waals surface area contributed by atoms with E-state index in [0.717, 1.165) is 29.8 Å². The summed E-state index contributed by atoms with van der Waals surface area (Å²) < 4.78 is 0. The average Bonchev–Trinajstić information content (AvgIpc) is 2.53. The summed E-state index contributed by atoms with van der Waals surface area (Å²) in [5.41, 5.74) is 0. The Bertz CT molecular complexity index is 190. The first-order valence-electron chi connectivity index (χ1n) is 6.48. The van der Waals surface area contributed by atoms with E-state index in [1.165, 1.54) is 32.1 Å². The molecule has 2 aliphatic carbocycles. The molecule has 1 nitrogen and oxygen atoms in total. The molecule has 2 saturated carbocycles. The van der Waals surface area contributed by atoms with Gasteiger partial charge in [-0.05, 0) is 43.4 Å². The van der Waals surface area contributed by atoms with Crippen molar-refractivity contribution in [3.8, 4) is 0 Å². The van der Waals surface area contributed by atoms with Gasteiger partial charge in [-0.3, -0.25) is 0 Å². The minimum Gasteiger partial charge on any atom is -0.311 e. The normalized spacial score (nSPS) is 47.8. The highest BCUT2D eigenvalue weighted by molar-refractivity contribution is 4.92. The molecule has 5 unspecified atom stereocenters. The van der Waals surface area contributed by atoms with Gasteiger partial charge in [0.2, 0.25) is 0 Å². The second-order valence-electron chi connectivity index (χ2n) is 5.54. The molecule has 0 bridgehead atoms. The number of rotatable bonds is 3. The molecule has 0 aliphatic heterocycles. The summed E-state index contributed by atoms with van der Waals surface area (Å²) in [6.45, 7) is 7.18. The third-order valence-corrected chi connectivity index (χ3v) is 4.80. The minimum atomic E-state index is 0.827. The highest BCUT2D eigenvalue weighted by Crippen LogP contribution is 2.36. The molecular formula is C13H25N. The maximum atomic E-state index is 3.88. The van der Waals surface area contributed by atoms with Crippen molar-refractivity contribution in [3.63, 3.8) is 0 Å². The standard InChI is InChI=1S/C13H25N/c1-4-11-6-8-13(10(11)3)14-12-7-5-9(12)2/h9-14H,4-8H2,1-3H3. The van der Waals surface area contributed by atoms with Crippen molar-refractivity contribution in [1.29, 1.82) is 0 Å². The van der Waals surface area contributed by atoms with Gasteiger partial charge < -0.3 is 5.32 Å². The first-order valence-corrected chi connectivity index (χ1v) is 6.48. The van der Waals surface area contributed by atoms with E-state index < -0.39 is 0 Å². The maximum absolute atomic E-state index is 3.88. The summed E-state index contributed by atoms with van der Waals surface area (Å²) in [6.07, 6.45) is 7.11. The van der Waals surface area contributed by atoms with E-state index >= 15 is 0 Å². The Morgan fingerprint density at radius 3 is 2.14 bits per heavy atom. The van der Waals surface area contributed by atoms with Crippen LogP contribution in [0.15, 0.2) is 0 Å². The van der Waals surface area contributed by atoms with Crippen molar-refractivity contribution in [1.82, 2.24) is 5.32 Å². The molecule has 2 fully saturated rings. The van der Waals surface area contributed by atoms with Crippen LogP contribution in [0.5, 0.6) is 0 Å². The van der Waals surface area contributed by atoms with Gasteiger partial charge in [-0.25, -0.2) is 0 Å². The topological polar surface area (TPSA) is 12.0 Å². The quantitative estimate of drug-likeness (QED) is 0.729. The van der Waals surface area contributed by atoms with Gasteiger partial charge in [0.1, 0.15) is 0 Å². The Kier molecular flexibility index (Phi) is 3.16. The molecule has 0 aromatic carbocycles. The molecule has 1 heteroatoms. The van der Waals surface area contributed by atoms with Crippen LogP contribution in [0, 0.1) is 17.8 Å². The van der Waals surface area contributed by atoms with E-state index in [4.69, 9.17) is 0 Å². The van der Waals surface area contributed by atoms with Crippen molar-refractivity contribution in [2.75, 3.05) is 0 Å². The Balaban J connectivity index is 1.81. The van der Waals surface area contributed by atoms with Gasteiger partial charge in [-0.2, -0.15) is 0 Å². The highest BCUT2D eigenvalue weighted by Gasteiger charge is 2.35. The van der Waals surface area contributed by atoms with Crippen LogP contribution in [0.3, 0.4) is 0 Å². The predicted molar refractivity (Wildman–Crippen MR) is 61.3 cm³/mol. The van der Waals surface area contributed by atoms with Crippen molar-refractivity contribution >= 4 is 0 Å². The first-order chi connectivity index (χ1) is 6.72. The molecule has 2 aliphatic rings. The van der Waals surface area contributed by atoms with E-state index in [0.29, 0.717) is 0 Å². The zero-order valence-corrected chi connectivity index (χ0v) is 9.92. The van der Waals surface area contributed by atoms with E-state index in [1.54, 1.807) is 0 Å². The molecular weight excluding hydrogens is 170 g/mol. The lowest BCUT2D eigenvalue weighted by molar-refractivity contribution is 0.191. The largest absolute Gasteiger partial charge is 0.311 e. The molecule has 0 saturated heterocycles. The summed E-state index contributed by atoms with van der Waals surface area (Å²) in [6, 6.07) is 1.67. The third kappa shape index (κ3) is 1.84. The van der Waals surface area contributed by atoms with Gasteiger partial charge in [0, 0.05) is 12.1 Å². The van der Waals surface area contributed by atoms with E-state index in [1.807, 2.05) is 0 Å². The monoisotopic (exact) mass is 195 g/mol. The van der Waals surface area contributed by atoms with Gasteiger partial charge in [0.15, 0.2) is 0 Å². The van der Waals surface area contributed by atoms with Crippen molar-refractivity contribution in [3.05, 3.63) is 0 Å². The molecule has 0 heterocycles. The summed E-state index contributed by atoms with van der Waals surface area (Å²) >= 11 is 0. The molecule has 0 amide bonds. The fourth-order valence-corrected chi connectivity index (χ4v) is 3.25. The van der Waals surface area contributed by atoms with Gasteiger partial charge in [0.25, 0.3) is 0 Å². The fraction of sp³-hybridized carbons (Fsp3) is 1.00. The van der Waals surface area contributed by atoms with Crippen LogP contribution in [0.1, 0.15) is 52.9 Å². The second-order valence-corrected chi connectivity index (χ2v) is 5.54. The summed E-state index contributed by atoms with van der Waals surface area (Å²) in [7, 11) is 0. The minimum absolute atomic E-state index is 0.827. The van der Waals surface area contributed by atoms with Crippen LogP contribution in [0.2, 0.25) is 0 Å². The smallest absolute Gasteiger partial charge is 0.00981 e. The lowest BCUT2D eigenvalue weighted by Crippen LogP contribution is -2.48. The SMILES string of the molecule is CCC1CCC(NC2CCC2C)C1C. The van der Waals surface area contributed by atoms with Crippen molar-refractivity contribution in [2.24, 2.45) is 17.8 Å². The molecule has 0 spiro atoms. The highest BCUT2D eigenvalue weighted by atomic mass is 15.0. The van der Waals surface area contributed by atoms with Gasteiger partial charge in [-0.1, -0.05) is 27.2 Å². The van der Waals surface area contributed by atoms with E-state index in [9.17, 15) is 0 Å². The molecule has 14 heavy (non-hydrogen) atoms.